The summed E-state index contributed by atoms with van der Waals surface area (Å²) in [6, 6.07) is 8.32. The molecule has 0 fully saturated rings. The minimum Gasteiger partial charge on any atom is -0.103 e. The molecule has 1 atom stereocenters. The van der Waals surface area contributed by atoms with E-state index >= 15 is 0 Å². The lowest BCUT2D eigenvalue weighted by atomic mass is 9.96. The molecule has 0 amide bonds. The quantitative estimate of drug-likeness (QED) is 0.685. The Hall–Kier alpha value is -0.820. The zero-order valence-electron chi connectivity index (χ0n) is 7.54. The van der Waals surface area contributed by atoms with Gasteiger partial charge in [0.25, 0.3) is 0 Å². The Morgan fingerprint density at radius 1 is 1.23 bits per heavy atom. The van der Waals surface area contributed by atoms with Crippen molar-refractivity contribution in [2.45, 2.75) is 12.3 Å². The summed E-state index contributed by atoms with van der Waals surface area (Å²) in [7, 11) is 0. The maximum absolute atomic E-state index is 3.82. The van der Waals surface area contributed by atoms with Crippen molar-refractivity contribution in [3.05, 3.63) is 59.6 Å². The molecule has 0 aliphatic rings. The average Bonchev–Trinajstić information content (AvgIpc) is 2.16. The molecule has 1 unspecified atom stereocenters. The maximum atomic E-state index is 3.82. The van der Waals surface area contributed by atoms with Gasteiger partial charge < -0.3 is 0 Å². The number of hydrogen-bond acceptors (Lipinski definition) is 0. The van der Waals surface area contributed by atoms with E-state index in [1.54, 1.807) is 0 Å². The van der Waals surface area contributed by atoms with Crippen LogP contribution in [-0.2, 0) is 0 Å². The van der Waals surface area contributed by atoms with Crippen LogP contribution in [0.25, 0.3) is 0 Å². The number of benzene rings is 1. The molecule has 0 aromatic heterocycles. The molecule has 68 valence electrons. The van der Waals surface area contributed by atoms with E-state index in [1.807, 2.05) is 12.2 Å². The Labute approximate surface area is 88.1 Å². The Balaban J connectivity index is 2.84. The fraction of sp³-hybridized carbons (Fsp3) is 0.167. The minimum atomic E-state index is 0.394. The SMILES string of the molecule is C=CCC(C=C)c1ccc(Br)cc1. The van der Waals surface area contributed by atoms with E-state index < -0.39 is 0 Å². The van der Waals surface area contributed by atoms with Gasteiger partial charge in [-0.25, -0.2) is 0 Å². The summed E-state index contributed by atoms with van der Waals surface area (Å²) in [5.41, 5.74) is 1.29. The summed E-state index contributed by atoms with van der Waals surface area (Å²) in [6.07, 6.45) is 4.84. The number of hydrogen-bond donors (Lipinski definition) is 0. The van der Waals surface area contributed by atoms with E-state index in [0.717, 1.165) is 10.9 Å². The second-order valence-electron chi connectivity index (χ2n) is 2.92. The Bertz CT molecular complexity index is 284. The van der Waals surface area contributed by atoms with E-state index in [2.05, 4.69) is 53.4 Å². The van der Waals surface area contributed by atoms with Gasteiger partial charge in [-0.2, -0.15) is 0 Å². The van der Waals surface area contributed by atoms with Crippen molar-refractivity contribution >= 4 is 15.9 Å². The van der Waals surface area contributed by atoms with E-state index in [1.165, 1.54) is 5.56 Å². The monoisotopic (exact) mass is 236 g/mol. The maximum Gasteiger partial charge on any atom is 0.0175 e. The van der Waals surface area contributed by atoms with Crippen LogP contribution < -0.4 is 0 Å². The van der Waals surface area contributed by atoms with E-state index in [-0.39, 0.29) is 0 Å². The summed E-state index contributed by atoms with van der Waals surface area (Å²) in [4.78, 5) is 0. The predicted octanol–water partition coefficient (Wildman–Crippen LogP) is 4.29. The Morgan fingerprint density at radius 2 is 1.85 bits per heavy atom. The Morgan fingerprint density at radius 3 is 2.31 bits per heavy atom. The lowest BCUT2D eigenvalue weighted by molar-refractivity contribution is 0.867. The molecule has 0 nitrogen and oxygen atoms in total. The van der Waals surface area contributed by atoms with Gasteiger partial charge in [-0.1, -0.05) is 40.2 Å². The first-order valence-corrected chi connectivity index (χ1v) is 5.06. The molecule has 0 aliphatic heterocycles. The van der Waals surface area contributed by atoms with Crippen LogP contribution in [-0.4, -0.2) is 0 Å². The molecule has 0 bridgehead atoms. The van der Waals surface area contributed by atoms with Crippen molar-refractivity contribution in [2.24, 2.45) is 0 Å². The summed E-state index contributed by atoms with van der Waals surface area (Å²) < 4.78 is 1.11. The second kappa shape index (κ2) is 5.03. The molecule has 0 saturated heterocycles. The van der Waals surface area contributed by atoms with E-state index in [0.29, 0.717) is 5.92 Å². The van der Waals surface area contributed by atoms with Crippen molar-refractivity contribution in [2.75, 3.05) is 0 Å². The zero-order valence-corrected chi connectivity index (χ0v) is 9.13. The average molecular weight is 237 g/mol. The molecule has 1 rings (SSSR count). The van der Waals surface area contributed by atoms with Gasteiger partial charge in [0.2, 0.25) is 0 Å². The summed E-state index contributed by atoms with van der Waals surface area (Å²) in [6.45, 7) is 7.55. The highest BCUT2D eigenvalue weighted by atomic mass is 79.9. The van der Waals surface area contributed by atoms with Gasteiger partial charge in [-0.3, -0.25) is 0 Å². The van der Waals surface area contributed by atoms with Crippen LogP contribution in [0.2, 0.25) is 0 Å². The number of rotatable bonds is 4. The predicted molar refractivity (Wildman–Crippen MR) is 61.9 cm³/mol. The number of allylic oxidation sites excluding steroid dienone is 2. The highest BCUT2D eigenvalue weighted by Crippen LogP contribution is 2.22. The summed E-state index contributed by atoms with van der Waals surface area (Å²) in [5.74, 6) is 0.394. The van der Waals surface area contributed by atoms with Gasteiger partial charge in [0.15, 0.2) is 0 Å². The Kier molecular flexibility index (Phi) is 3.97. The third-order valence-electron chi connectivity index (χ3n) is 2.00. The third kappa shape index (κ3) is 2.85. The van der Waals surface area contributed by atoms with Gasteiger partial charge >= 0.3 is 0 Å². The van der Waals surface area contributed by atoms with Crippen LogP contribution in [0.1, 0.15) is 17.9 Å². The largest absolute Gasteiger partial charge is 0.103 e. The van der Waals surface area contributed by atoms with Crippen LogP contribution in [0.15, 0.2) is 54.0 Å². The lowest BCUT2D eigenvalue weighted by Crippen LogP contribution is -1.92. The molecule has 0 heterocycles. The molecule has 0 aliphatic carbocycles. The first-order valence-electron chi connectivity index (χ1n) is 4.27. The molecule has 1 aromatic carbocycles. The fourth-order valence-electron chi connectivity index (χ4n) is 1.26. The summed E-state index contributed by atoms with van der Waals surface area (Å²) >= 11 is 3.41. The molecule has 0 radical (unpaired) electrons. The molecule has 1 heteroatoms. The molecule has 1 aromatic rings. The van der Waals surface area contributed by atoms with Gasteiger partial charge in [0.05, 0.1) is 0 Å². The fourth-order valence-corrected chi connectivity index (χ4v) is 1.52. The molecular formula is C12H13Br. The normalized spacial score (nSPS) is 12.1. The second-order valence-corrected chi connectivity index (χ2v) is 3.83. The van der Waals surface area contributed by atoms with Crippen molar-refractivity contribution in [3.8, 4) is 0 Å². The van der Waals surface area contributed by atoms with Gasteiger partial charge in [-0.15, -0.1) is 13.2 Å². The van der Waals surface area contributed by atoms with Crippen molar-refractivity contribution in [1.82, 2.24) is 0 Å². The standard InChI is InChI=1S/C12H13Br/c1-3-5-10(4-2)11-6-8-12(13)9-7-11/h3-4,6-10H,1-2,5H2. The third-order valence-corrected chi connectivity index (χ3v) is 2.53. The topological polar surface area (TPSA) is 0 Å². The van der Waals surface area contributed by atoms with E-state index in [4.69, 9.17) is 0 Å². The molecule has 13 heavy (non-hydrogen) atoms. The van der Waals surface area contributed by atoms with Crippen LogP contribution in [0, 0.1) is 0 Å². The van der Waals surface area contributed by atoms with Crippen LogP contribution >= 0.6 is 15.9 Å². The number of halogens is 1. The van der Waals surface area contributed by atoms with Crippen LogP contribution in [0.3, 0.4) is 0 Å². The van der Waals surface area contributed by atoms with Gasteiger partial charge in [-0.05, 0) is 24.1 Å². The zero-order chi connectivity index (χ0) is 9.68. The minimum absolute atomic E-state index is 0.394. The highest BCUT2D eigenvalue weighted by molar-refractivity contribution is 9.10. The molecule has 0 saturated carbocycles. The molecule has 0 spiro atoms. The van der Waals surface area contributed by atoms with Gasteiger partial charge in [0, 0.05) is 10.4 Å². The van der Waals surface area contributed by atoms with Crippen LogP contribution in [0.4, 0.5) is 0 Å². The van der Waals surface area contributed by atoms with Crippen molar-refractivity contribution in [3.63, 3.8) is 0 Å². The molecular weight excluding hydrogens is 224 g/mol. The smallest absolute Gasteiger partial charge is 0.0175 e. The summed E-state index contributed by atoms with van der Waals surface area (Å²) in [5, 5.41) is 0. The van der Waals surface area contributed by atoms with Crippen LogP contribution in [0.5, 0.6) is 0 Å². The van der Waals surface area contributed by atoms with Crippen molar-refractivity contribution in [1.29, 1.82) is 0 Å². The highest BCUT2D eigenvalue weighted by Gasteiger charge is 2.03. The first-order chi connectivity index (χ1) is 6.27. The van der Waals surface area contributed by atoms with E-state index in [9.17, 15) is 0 Å². The molecule has 0 N–H and O–H groups in total. The van der Waals surface area contributed by atoms with Crippen molar-refractivity contribution < 1.29 is 0 Å². The first kappa shape index (κ1) is 10.3. The lowest BCUT2D eigenvalue weighted by Gasteiger charge is -2.09. The van der Waals surface area contributed by atoms with Gasteiger partial charge in [0.1, 0.15) is 0 Å².